The van der Waals surface area contributed by atoms with Gasteiger partial charge in [0.05, 0.1) is 5.69 Å². The predicted octanol–water partition coefficient (Wildman–Crippen LogP) is 4.19. The standard InChI is InChI=1S/C15H14BrFN2O/c1-9-7-11(18-2)4-5-12(9)15(20)19-14-6-3-10(16)8-13(14)17/h3-8,18H,1-2H3,(H,19,20). The van der Waals surface area contributed by atoms with Gasteiger partial charge < -0.3 is 10.6 Å². The zero-order valence-electron chi connectivity index (χ0n) is 11.1. The molecule has 0 aliphatic heterocycles. The molecule has 0 fully saturated rings. The third-order valence-corrected chi connectivity index (χ3v) is 3.43. The number of carbonyl (C=O) groups is 1. The topological polar surface area (TPSA) is 41.1 Å². The lowest BCUT2D eigenvalue weighted by atomic mass is 10.1. The van der Waals surface area contributed by atoms with E-state index >= 15 is 0 Å². The highest BCUT2D eigenvalue weighted by atomic mass is 79.9. The van der Waals surface area contributed by atoms with E-state index < -0.39 is 5.82 Å². The Hall–Kier alpha value is -1.88. The average molecular weight is 337 g/mol. The number of amides is 1. The number of carbonyl (C=O) groups excluding carboxylic acids is 1. The number of hydrogen-bond acceptors (Lipinski definition) is 2. The quantitative estimate of drug-likeness (QED) is 0.882. The smallest absolute Gasteiger partial charge is 0.256 e. The zero-order valence-corrected chi connectivity index (χ0v) is 12.7. The highest BCUT2D eigenvalue weighted by molar-refractivity contribution is 9.10. The molecule has 2 aromatic carbocycles. The van der Waals surface area contributed by atoms with Crippen LogP contribution >= 0.6 is 15.9 Å². The molecule has 0 atom stereocenters. The van der Waals surface area contributed by atoms with Crippen LogP contribution in [0.1, 0.15) is 15.9 Å². The molecule has 5 heteroatoms. The van der Waals surface area contributed by atoms with Crippen LogP contribution in [0.3, 0.4) is 0 Å². The maximum Gasteiger partial charge on any atom is 0.256 e. The highest BCUT2D eigenvalue weighted by Gasteiger charge is 2.12. The molecule has 0 radical (unpaired) electrons. The fourth-order valence-corrected chi connectivity index (χ4v) is 2.19. The molecule has 104 valence electrons. The summed E-state index contributed by atoms with van der Waals surface area (Å²) in [6.45, 7) is 1.84. The van der Waals surface area contributed by atoms with Gasteiger partial charge in [0.15, 0.2) is 0 Å². The summed E-state index contributed by atoms with van der Waals surface area (Å²) in [5, 5.41) is 5.58. The summed E-state index contributed by atoms with van der Waals surface area (Å²) >= 11 is 3.18. The molecular weight excluding hydrogens is 323 g/mol. The Bertz CT molecular complexity index is 658. The molecule has 2 rings (SSSR count). The van der Waals surface area contributed by atoms with Crippen molar-refractivity contribution in [1.82, 2.24) is 0 Å². The van der Waals surface area contributed by atoms with E-state index in [0.717, 1.165) is 11.3 Å². The fourth-order valence-electron chi connectivity index (χ4n) is 1.85. The van der Waals surface area contributed by atoms with Gasteiger partial charge in [0.25, 0.3) is 5.91 Å². The molecule has 0 aromatic heterocycles. The Kier molecular flexibility index (Phi) is 4.39. The molecule has 3 nitrogen and oxygen atoms in total. The number of anilines is 2. The molecule has 0 unspecified atom stereocenters. The first-order valence-electron chi connectivity index (χ1n) is 6.06. The van der Waals surface area contributed by atoms with Crippen molar-refractivity contribution in [2.24, 2.45) is 0 Å². The molecule has 20 heavy (non-hydrogen) atoms. The van der Waals surface area contributed by atoms with E-state index in [1.807, 2.05) is 20.0 Å². The number of benzene rings is 2. The van der Waals surface area contributed by atoms with Gasteiger partial charge in [0, 0.05) is 22.8 Å². The summed E-state index contributed by atoms with van der Waals surface area (Å²) in [6.07, 6.45) is 0. The molecule has 0 aliphatic carbocycles. The minimum absolute atomic E-state index is 0.162. The molecule has 2 N–H and O–H groups in total. The summed E-state index contributed by atoms with van der Waals surface area (Å²) in [5.74, 6) is -0.802. The summed E-state index contributed by atoms with van der Waals surface area (Å²) in [4.78, 5) is 12.2. The van der Waals surface area contributed by atoms with Gasteiger partial charge in [0.2, 0.25) is 0 Å². The summed E-state index contributed by atoms with van der Waals surface area (Å²) in [5.41, 5.74) is 2.43. The lowest BCUT2D eigenvalue weighted by molar-refractivity contribution is 0.102. The Labute approximate surface area is 125 Å². The molecule has 0 aliphatic rings. The SMILES string of the molecule is CNc1ccc(C(=O)Nc2ccc(Br)cc2F)c(C)c1. The summed E-state index contributed by atoms with van der Waals surface area (Å²) in [6, 6.07) is 9.90. The van der Waals surface area contributed by atoms with Gasteiger partial charge in [-0.2, -0.15) is 0 Å². The summed E-state index contributed by atoms with van der Waals surface area (Å²) < 4.78 is 14.3. The van der Waals surface area contributed by atoms with Crippen LogP contribution in [0.5, 0.6) is 0 Å². The number of aryl methyl sites for hydroxylation is 1. The van der Waals surface area contributed by atoms with Gasteiger partial charge in [-0.25, -0.2) is 4.39 Å². The third-order valence-electron chi connectivity index (χ3n) is 2.94. The van der Waals surface area contributed by atoms with Crippen LogP contribution < -0.4 is 10.6 Å². The average Bonchev–Trinajstić information content (AvgIpc) is 2.41. The van der Waals surface area contributed by atoms with Gasteiger partial charge in [0.1, 0.15) is 5.82 Å². The maximum atomic E-state index is 13.7. The van der Waals surface area contributed by atoms with Crippen LogP contribution in [0.4, 0.5) is 15.8 Å². The Morgan fingerprint density at radius 3 is 2.55 bits per heavy atom. The molecule has 0 saturated heterocycles. The number of halogens is 2. The van der Waals surface area contributed by atoms with E-state index in [-0.39, 0.29) is 11.6 Å². The first kappa shape index (κ1) is 14.5. The lowest BCUT2D eigenvalue weighted by Gasteiger charge is -2.10. The normalized spacial score (nSPS) is 10.2. The number of rotatable bonds is 3. The summed E-state index contributed by atoms with van der Waals surface area (Å²) in [7, 11) is 1.81. The van der Waals surface area contributed by atoms with Crippen LogP contribution in [0.2, 0.25) is 0 Å². The van der Waals surface area contributed by atoms with Gasteiger partial charge in [-0.1, -0.05) is 15.9 Å². The molecule has 0 heterocycles. The van der Waals surface area contributed by atoms with Crippen LogP contribution in [-0.2, 0) is 0 Å². The van der Waals surface area contributed by atoms with Crippen molar-refractivity contribution >= 4 is 33.2 Å². The minimum atomic E-state index is -0.475. The van der Waals surface area contributed by atoms with Crippen molar-refractivity contribution < 1.29 is 9.18 Å². The fraction of sp³-hybridized carbons (Fsp3) is 0.133. The van der Waals surface area contributed by atoms with Crippen LogP contribution in [-0.4, -0.2) is 13.0 Å². The van der Waals surface area contributed by atoms with Gasteiger partial charge in [-0.15, -0.1) is 0 Å². The van der Waals surface area contributed by atoms with Crippen LogP contribution in [0, 0.1) is 12.7 Å². The second kappa shape index (κ2) is 6.05. The van der Waals surface area contributed by atoms with Crippen molar-refractivity contribution in [3.05, 3.63) is 57.8 Å². The Balaban J connectivity index is 2.24. The second-order valence-electron chi connectivity index (χ2n) is 4.36. The lowest BCUT2D eigenvalue weighted by Crippen LogP contribution is -2.14. The van der Waals surface area contributed by atoms with E-state index in [9.17, 15) is 9.18 Å². The second-order valence-corrected chi connectivity index (χ2v) is 5.27. The van der Waals surface area contributed by atoms with E-state index in [2.05, 4.69) is 26.6 Å². The molecular formula is C15H14BrFN2O. The maximum absolute atomic E-state index is 13.7. The molecule has 0 saturated carbocycles. The minimum Gasteiger partial charge on any atom is -0.388 e. The van der Waals surface area contributed by atoms with Crippen molar-refractivity contribution in [2.75, 3.05) is 17.7 Å². The number of nitrogens with one attached hydrogen (secondary N) is 2. The van der Waals surface area contributed by atoms with E-state index in [0.29, 0.717) is 10.0 Å². The van der Waals surface area contributed by atoms with E-state index in [1.54, 1.807) is 18.2 Å². The zero-order chi connectivity index (χ0) is 14.7. The molecule has 0 bridgehead atoms. The van der Waals surface area contributed by atoms with Crippen molar-refractivity contribution in [1.29, 1.82) is 0 Å². The van der Waals surface area contributed by atoms with Gasteiger partial charge >= 0.3 is 0 Å². The first-order chi connectivity index (χ1) is 9.51. The first-order valence-corrected chi connectivity index (χ1v) is 6.85. The van der Waals surface area contributed by atoms with Crippen molar-refractivity contribution in [2.45, 2.75) is 6.92 Å². The van der Waals surface area contributed by atoms with Gasteiger partial charge in [-0.05, 0) is 48.9 Å². The largest absolute Gasteiger partial charge is 0.388 e. The van der Waals surface area contributed by atoms with Crippen LogP contribution in [0.25, 0.3) is 0 Å². The third kappa shape index (κ3) is 3.17. The van der Waals surface area contributed by atoms with Crippen molar-refractivity contribution in [3.63, 3.8) is 0 Å². The highest BCUT2D eigenvalue weighted by Crippen LogP contribution is 2.21. The van der Waals surface area contributed by atoms with Crippen LogP contribution in [0.15, 0.2) is 40.9 Å². The predicted molar refractivity (Wildman–Crippen MR) is 82.8 cm³/mol. The number of hydrogen-bond donors (Lipinski definition) is 2. The van der Waals surface area contributed by atoms with Gasteiger partial charge in [-0.3, -0.25) is 4.79 Å². The van der Waals surface area contributed by atoms with Crippen molar-refractivity contribution in [3.8, 4) is 0 Å². The Morgan fingerprint density at radius 1 is 1.20 bits per heavy atom. The van der Waals surface area contributed by atoms with E-state index in [4.69, 9.17) is 0 Å². The molecule has 0 spiro atoms. The van der Waals surface area contributed by atoms with E-state index in [1.165, 1.54) is 12.1 Å². The Morgan fingerprint density at radius 2 is 1.95 bits per heavy atom. The molecule has 1 amide bonds. The monoisotopic (exact) mass is 336 g/mol. The molecule has 2 aromatic rings.